The molecule has 0 bridgehead atoms. The van der Waals surface area contributed by atoms with E-state index in [1.165, 1.54) is 109 Å². The molecule has 0 radical (unpaired) electrons. The summed E-state index contributed by atoms with van der Waals surface area (Å²) in [6.07, 6.45) is 28.7. The Balaban J connectivity index is 4.35. The second kappa shape index (κ2) is 27.0. The van der Waals surface area contributed by atoms with Crippen molar-refractivity contribution in [2.24, 2.45) is 5.41 Å². The van der Waals surface area contributed by atoms with Crippen molar-refractivity contribution < 1.29 is 14.6 Å². The first kappa shape index (κ1) is 36.4. The van der Waals surface area contributed by atoms with E-state index < -0.39 is 5.41 Å². The minimum Gasteiger partial charge on any atom is -0.462 e. The summed E-state index contributed by atoms with van der Waals surface area (Å²) >= 11 is 0. The maximum Gasteiger partial charge on any atom is 0.311 e. The van der Waals surface area contributed by atoms with E-state index in [0.717, 1.165) is 45.1 Å². The fourth-order valence-corrected chi connectivity index (χ4v) is 5.06. The van der Waals surface area contributed by atoms with Crippen LogP contribution < -0.4 is 5.32 Å². The number of aliphatic hydroxyl groups excluding tert-OH is 1. The zero-order valence-corrected chi connectivity index (χ0v) is 25.7. The predicted octanol–water partition coefficient (Wildman–Crippen LogP) is 9.52. The van der Waals surface area contributed by atoms with Gasteiger partial charge >= 0.3 is 5.97 Å². The van der Waals surface area contributed by atoms with Crippen molar-refractivity contribution in [1.82, 2.24) is 5.32 Å². The summed E-state index contributed by atoms with van der Waals surface area (Å²) in [7, 11) is 0. The van der Waals surface area contributed by atoms with Crippen molar-refractivity contribution in [2.45, 2.75) is 181 Å². The predicted molar refractivity (Wildman–Crippen MR) is 161 cm³/mol. The quantitative estimate of drug-likeness (QED) is 0.0754. The molecule has 222 valence electrons. The SMILES string of the molecule is CCCCCCCCCCC(CCCCCCCCCC)OC(=O)C(C)(C)CCCCCCNCCO. The van der Waals surface area contributed by atoms with E-state index in [0.29, 0.717) is 6.54 Å². The van der Waals surface area contributed by atoms with Crippen molar-refractivity contribution >= 4 is 5.97 Å². The molecule has 0 saturated carbocycles. The Labute approximate surface area is 232 Å². The van der Waals surface area contributed by atoms with Crippen molar-refractivity contribution in [3.05, 3.63) is 0 Å². The Hall–Kier alpha value is -0.610. The van der Waals surface area contributed by atoms with Gasteiger partial charge in [0.1, 0.15) is 6.10 Å². The summed E-state index contributed by atoms with van der Waals surface area (Å²) in [6, 6.07) is 0. The summed E-state index contributed by atoms with van der Waals surface area (Å²) in [5.74, 6) is 0.0150. The zero-order valence-electron chi connectivity index (χ0n) is 25.7. The second-order valence-electron chi connectivity index (χ2n) is 12.1. The van der Waals surface area contributed by atoms with E-state index >= 15 is 0 Å². The van der Waals surface area contributed by atoms with Gasteiger partial charge in [-0.2, -0.15) is 0 Å². The van der Waals surface area contributed by atoms with Crippen LogP contribution in [-0.4, -0.2) is 36.9 Å². The van der Waals surface area contributed by atoms with E-state index in [1.807, 2.05) is 0 Å². The number of carbonyl (C=O) groups excluding carboxylic acids is 1. The van der Waals surface area contributed by atoms with Gasteiger partial charge in [0.25, 0.3) is 0 Å². The number of ether oxygens (including phenoxy) is 1. The van der Waals surface area contributed by atoms with Crippen molar-refractivity contribution in [3.8, 4) is 0 Å². The lowest BCUT2D eigenvalue weighted by molar-refractivity contribution is -0.161. The number of carbonyl (C=O) groups is 1. The number of hydrogen-bond donors (Lipinski definition) is 2. The third-order valence-electron chi connectivity index (χ3n) is 7.78. The lowest BCUT2D eigenvalue weighted by Gasteiger charge is -2.27. The van der Waals surface area contributed by atoms with Gasteiger partial charge in [0.05, 0.1) is 12.0 Å². The van der Waals surface area contributed by atoms with Crippen LogP contribution in [0.4, 0.5) is 0 Å². The zero-order chi connectivity index (χ0) is 27.5. The van der Waals surface area contributed by atoms with Crippen LogP contribution in [0.5, 0.6) is 0 Å². The van der Waals surface area contributed by atoms with Gasteiger partial charge in [-0.15, -0.1) is 0 Å². The molecule has 0 amide bonds. The third kappa shape index (κ3) is 24.2. The Morgan fingerprint density at radius 3 is 1.57 bits per heavy atom. The number of aliphatic hydroxyl groups is 1. The van der Waals surface area contributed by atoms with Crippen molar-refractivity contribution in [1.29, 1.82) is 0 Å². The lowest BCUT2D eigenvalue weighted by Crippen LogP contribution is -2.31. The normalized spacial score (nSPS) is 11.9. The van der Waals surface area contributed by atoms with E-state index in [4.69, 9.17) is 9.84 Å². The molecule has 0 heterocycles. The highest BCUT2D eigenvalue weighted by Gasteiger charge is 2.30. The molecule has 0 aliphatic heterocycles. The Morgan fingerprint density at radius 1 is 0.649 bits per heavy atom. The van der Waals surface area contributed by atoms with Gasteiger partial charge in [-0.25, -0.2) is 0 Å². The minimum atomic E-state index is -0.397. The molecule has 37 heavy (non-hydrogen) atoms. The molecule has 0 aliphatic carbocycles. The van der Waals surface area contributed by atoms with Gasteiger partial charge in [0.15, 0.2) is 0 Å². The first-order valence-electron chi connectivity index (χ1n) is 16.5. The van der Waals surface area contributed by atoms with Crippen LogP contribution in [0.2, 0.25) is 0 Å². The van der Waals surface area contributed by atoms with Gasteiger partial charge < -0.3 is 15.2 Å². The molecular formula is C33H67NO3. The van der Waals surface area contributed by atoms with Crippen LogP contribution in [0, 0.1) is 5.41 Å². The highest BCUT2D eigenvalue weighted by atomic mass is 16.5. The first-order valence-corrected chi connectivity index (χ1v) is 16.5. The fourth-order valence-electron chi connectivity index (χ4n) is 5.06. The number of nitrogens with one attached hydrogen (secondary N) is 1. The molecule has 0 spiro atoms. The van der Waals surface area contributed by atoms with E-state index in [2.05, 4.69) is 33.0 Å². The largest absolute Gasteiger partial charge is 0.462 e. The lowest BCUT2D eigenvalue weighted by atomic mass is 9.86. The molecule has 0 fully saturated rings. The van der Waals surface area contributed by atoms with Crippen LogP contribution in [0.1, 0.15) is 175 Å². The topological polar surface area (TPSA) is 58.6 Å². The average Bonchev–Trinajstić information content (AvgIpc) is 2.88. The Kier molecular flexibility index (Phi) is 26.5. The molecule has 0 saturated heterocycles. The van der Waals surface area contributed by atoms with E-state index in [1.54, 1.807) is 0 Å². The monoisotopic (exact) mass is 526 g/mol. The number of unbranched alkanes of at least 4 members (excludes halogenated alkanes) is 17. The van der Waals surface area contributed by atoms with Crippen LogP contribution >= 0.6 is 0 Å². The molecule has 0 aromatic heterocycles. The Bertz CT molecular complexity index is 460. The smallest absolute Gasteiger partial charge is 0.311 e. The maximum absolute atomic E-state index is 13.1. The minimum absolute atomic E-state index is 0.0150. The number of hydrogen-bond acceptors (Lipinski definition) is 4. The standard InChI is InChI=1S/C33H67NO3/c1-5-7-9-11-13-15-17-21-25-31(26-22-18-16-14-12-10-8-6-2)37-32(36)33(3,4)27-23-19-20-24-28-34-29-30-35/h31,34-35H,5-30H2,1-4H3. The second-order valence-corrected chi connectivity index (χ2v) is 12.1. The fraction of sp³-hybridized carbons (Fsp3) is 0.970. The molecular weight excluding hydrogens is 458 g/mol. The molecule has 0 rings (SSSR count). The highest BCUT2D eigenvalue weighted by molar-refractivity contribution is 5.76. The van der Waals surface area contributed by atoms with Gasteiger partial charge in [0, 0.05) is 6.54 Å². The first-order chi connectivity index (χ1) is 18.0. The molecule has 0 atom stereocenters. The highest BCUT2D eigenvalue weighted by Crippen LogP contribution is 2.28. The summed E-state index contributed by atoms with van der Waals surface area (Å²) in [4.78, 5) is 13.1. The van der Waals surface area contributed by atoms with Gasteiger partial charge in [0.2, 0.25) is 0 Å². The van der Waals surface area contributed by atoms with Crippen LogP contribution in [0.15, 0.2) is 0 Å². The molecule has 0 aliphatic rings. The third-order valence-corrected chi connectivity index (χ3v) is 7.78. The summed E-state index contributed by atoms with van der Waals surface area (Å²) < 4.78 is 6.18. The number of esters is 1. The van der Waals surface area contributed by atoms with Gasteiger partial charge in [-0.3, -0.25) is 4.79 Å². The summed E-state index contributed by atoms with van der Waals surface area (Å²) in [5, 5.41) is 12.0. The van der Waals surface area contributed by atoms with Crippen molar-refractivity contribution in [3.63, 3.8) is 0 Å². The van der Waals surface area contributed by atoms with E-state index in [-0.39, 0.29) is 18.7 Å². The van der Waals surface area contributed by atoms with Crippen molar-refractivity contribution in [2.75, 3.05) is 19.7 Å². The van der Waals surface area contributed by atoms with E-state index in [9.17, 15) is 4.79 Å². The molecule has 4 heteroatoms. The molecule has 4 nitrogen and oxygen atoms in total. The van der Waals surface area contributed by atoms with Gasteiger partial charge in [-0.05, 0) is 58.9 Å². The Morgan fingerprint density at radius 2 is 1.08 bits per heavy atom. The summed E-state index contributed by atoms with van der Waals surface area (Å²) in [6.45, 7) is 10.5. The van der Waals surface area contributed by atoms with Gasteiger partial charge in [-0.1, -0.05) is 123 Å². The van der Waals surface area contributed by atoms with Crippen LogP contribution in [0.3, 0.4) is 0 Å². The van der Waals surface area contributed by atoms with Crippen LogP contribution in [-0.2, 0) is 9.53 Å². The molecule has 0 unspecified atom stereocenters. The maximum atomic E-state index is 13.1. The molecule has 0 aromatic rings. The molecule has 2 N–H and O–H groups in total. The number of rotatable bonds is 29. The summed E-state index contributed by atoms with van der Waals surface area (Å²) in [5.41, 5.74) is -0.397. The van der Waals surface area contributed by atoms with Crippen LogP contribution in [0.25, 0.3) is 0 Å². The average molecular weight is 526 g/mol. The molecule has 0 aromatic carbocycles.